The minimum absolute atomic E-state index is 0.291. The molecule has 3 heterocycles. The summed E-state index contributed by atoms with van der Waals surface area (Å²) < 4.78 is 1.76. The highest BCUT2D eigenvalue weighted by molar-refractivity contribution is 5.82. The smallest absolute Gasteiger partial charge is 0.404 e. The number of carbonyl (C=O) groups is 1. The van der Waals surface area contributed by atoms with Crippen LogP contribution in [0, 0.1) is 6.92 Å². The number of hydrogen-bond acceptors (Lipinski definition) is 8. The summed E-state index contributed by atoms with van der Waals surface area (Å²) in [5, 5.41) is 32.4. The molecule has 36 heavy (non-hydrogen) atoms. The van der Waals surface area contributed by atoms with E-state index in [9.17, 15) is 4.79 Å². The molecular weight excluding hydrogens is 460 g/mol. The molecule has 0 saturated heterocycles. The topological polar surface area (TPSA) is 151 Å². The van der Waals surface area contributed by atoms with Crippen molar-refractivity contribution < 1.29 is 15.0 Å². The minimum atomic E-state index is -1.05. The van der Waals surface area contributed by atoms with Crippen LogP contribution in [0.15, 0.2) is 36.5 Å². The summed E-state index contributed by atoms with van der Waals surface area (Å²) in [7, 11) is 0. The predicted molar refractivity (Wildman–Crippen MR) is 137 cm³/mol. The van der Waals surface area contributed by atoms with Crippen LogP contribution < -0.4 is 10.6 Å². The van der Waals surface area contributed by atoms with E-state index in [1.54, 1.807) is 24.7 Å². The molecule has 1 aromatic carbocycles. The van der Waals surface area contributed by atoms with Crippen molar-refractivity contribution in [1.29, 1.82) is 0 Å². The molecule has 0 atom stereocenters. The lowest BCUT2D eigenvalue weighted by Gasteiger charge is -2.15. The molecule has 4 N–H and O–H groups in total. The lowest BCUT2D eigenvalue weighted by Crippen LogP contribution is -2.29. The summed E-state index contributed by atoms with van der Waals surface area (Å²) >= 11 is 0. The molecule has 0 unspecified atom stereocenters. The fourth-order valence-electron chi connectivity index (χ4n) is 4.05. The molecule has 190 valence electrons. The maximum Gasteiger partial charge on any atom is 0.404 e. The molecule has 0 spiro atoms. The van der Waals surface area contributed by atoms with Crippen LogP contribution in [0.3, 0.4) is 0 Å². The molecule has 1 saturated carbocycles. The van der Waals surface area contributed by atoms with Crippen LogP contribution in [0.25, 0.3) is 27.8 Å². The largest absolute Gasteiger partial charge is 0.465 e. The highest BCUT2D eigenvalue weighted by Crippen LogP contribution is 2.23. The fraction of sp³-hybridized carbons (Fsp3) is 0.440. The third kappa shape index (κ3) is 6.63. The van der Waals surface area contributed by atoms with Crippen molar-refractivity contribution in [3.63, 3.8) is 0 Å². The molecule has 5 rings (SSSR count). The Balaban J connectivity index is 0.000000261. The van der Waals surface area contributed by atoms with Crippen LogP contribution in [0.1, 0.15) is 51.6 Å². The van der Waals surface area contributed by atoms with Gasteiger partial charge in [-0.05, 0) is 64.3 Å². The summed E-state index contributed by atoms with van der Waals surface area (Å²) in [6, 6.07) is 10.6. The quantitative estimate of drug-likeness (QED) is 0.315. The molecule has 1 aliphatic carbocycles. The van der Waals surface area contributed by atoms with E-state index < -0.39 is 11.7 Å². The van der Waals surface area contributed by atoms with Crippen molar-refractivity contribution in [1.82, 2.24) is 35.3 Å². The highest BCUT2D eigenvalue weighted by atomic mass is 16.4. The van der Waals surface area contributed by atoms with Gasteiger partial charge in [0.05, 0.1) is 23.0 Å². The first-order valence-corrected chi connectivity index (χ1v) is 12.1. The Morgan fingerprint density at radius 3 is 2.64 bits per heavy atom. The molecule has 1 aliphatic rings. The summed E-state index contributed by atoms with van der Waals surface area (Å²) in [4.78, 5) is 23.5. The zero-order valence-electron chi connectivity index (χ0n) is 20.8. The summed E-state index contributed by atoms with van der Waals surface area (Å²) in [6.07, 6.45) is 6.00. The number of aromatic nitrogens is 6. The van der Waals surface area contributed by atoms with Gasteiger partial charge >= 0.3 is 6.09 Å². The third-order valence-corrected chi connectivity index (χ3v) is 5.95. The second kappa shape index (κ2) is 10.8. The number of hydrogen-bond donors (Lipinski definition) is 4. The van der Waals surface area contributed by atoms with Crippen molar-refractivity contribution in [2.45, 2.75) is 64.5 Å². The number of anilines is 1. The Morgan fingerprint density at radius 2 is 1.92 bits per heavy atom. The first-order valence-electron chi connectivity index (χ1n) is 12.1. The summed E-state index contributed by atoms with van der Waals surface area (Å²) in [5.41, 5.74) is 3.49. The third-order valence-electron chi connectivity index (χ3n) is 5.95. The number of aryl methyl sites for hydroxylation is 1. The molecular formula is C25H32N8O3. The second-order valence-corrected chi connectivity index (χ2v) is 9.65. The van der Waals surface area contributed by atoms with Gasteiger partial charge in [-0.3, -0.25) is 4.98 Å². The van der Waals surface area contributed by atoms with Crippen LogP contribution in [0.5, 0.6) is 0 Å². The van der Waals surface area contributed by atoms with Crippen molar-refractivity contribution >= 4 is 34.1 Å². The first-order chi connectivity index (χ1) is 17.2. The minimum Gasteiger partial charge on any atom is -0.465 e. The van der Waals surface area contributed by atoms with Gasteiger partial charge in [0.2, 0.25) is 5.95 Å². The monoisotopic (exact) mass is 492 g/mol. The van der Waals surface area contributed by atoms with Gasteiger partial charge in [-0.1, -0.05) is 24.1 Å². The Bertz CT molecular complexity index is 1340. The lowest BCUT2D eigenvalue weighted by molar-refractivity contribution is 0.0713. The summed E-state index contributed by atoms with van der Waals surface area (Å²) in [5.74, 6) is 0.644. The number of nitrogens with zero attached hydrogens (tertiary/aromatic N) is 6. The zero-order valence-corrected chi connectivity index (χ0v) is 20.8. The Kier molecular flexibility index (Phi) is 7.58. The number of nitrogens with one attached hydrogen (secondary N) is 2. The fourth-order valence-corrected chi connectivity index (χ4v) is 4.05. The van der Waals surface area contributed by atoms with Gasteiger partial charge in [0, 0.05) is 23.7 Å². The SMILES string of the molecule is CC(C)(O)CCNC(=O)O.Cc1ccc2cc(-n3nnc4cnc(NC5CCCC5)nc43)ccc2n1. The number of carboxylic acid groups (broad SMARTS) is 1. The summed E-state index contributed by atoms with van der Waals surface area (Å²) in [6.45, 7) is 5.56. The molecule has 4 aromatic rings. The average Bonchev–Trinajstić information content (AvgIpc) is 3.48. The van der Waals surface area contributed by atoms with Crippen molar-refractivity contribution in [3.05, 3.63) is 42.2 Å². The Morgan fingerprint density at radius 1 is 1.14 bits per heavy atom. The standard InChI is InChI=1S/C19H19N7.C6H13NO3/c1-12-6-7-13-10-15(8-9-16(13)21-12)26-18-17(24-25-26)11-20-19(23-18)22-14-4-2-3-5-14;1-6(2,10)3-4-7-5(8)9/h6-11,14H,2-5H2,1H3,(H,20,22,23);7,10H,3-4H2,1-2H3,(H,8,9). The zero-order chi connectivity index (χ0) is 25.7. The first kappa shape index (κ1) is 25.2. The molecule has 11 heteroatoms. The van der Waals surface area contributed by atoms with Gasteiger partial charge in [0.1, 0.15) is 0 Å². The number of rotatable bonds is 6. The van der Waals surface area contributed by atoms with Crippen LogP contribution in [-0.4, -0.2) is 64.4 Å². The average molecular weight is 493 g/mol. The van der Waals surface area contributed by atoms with E-state index in [0.29, 0.717) is 36.1 Å². The van der Waals surface area contributed by atoms with Gasteiger partial charge in [-0.25, -0.2) is 9.78 Å². The van der Waals surface area contributed by atoms with Crippen molar-refractivity contribution in [3.8, 4) is 5.69 Å². The number of pyridine rings is 1. The molecule has 0 radical (unpaired) electrons. The van der Waals surface area contributed by atoms with E-state index in [-0.39, 0.29) is 0 Å². The number of fused-ring (bicyclic) bond motifs is 2. The van der Waals surface area contributed by atoms with Gasteiger partial charge in [0.25, 0.3) is 0 Å². The van der Waals surface area contributed by atoms with Gasteiger partial charge in [0.15, 0.2) is 11.2 Å². The molecule has 1 amide bonds. The van der Waals surface area contributed by atoms with Crippen LogP contribution >= 0.6 is 0 Å². The normalized spacial score (nSPS) is 14.0. The van der Waals surface area contributed by atoms with Crippen LogP contribution in [-0.2, 0) is 0 Å². The molecule has 0 bridgehead atoms. The van der Waals surface area contributed by atoms with Crippen LogP contribution in [0.2, 0.25) is 0 Å². The van der Waals surface area contributed by atoms with Crippen molar-refractivity contribution in [2.24, 2.45) is 0 Å². The number of amides is 1. The predicted octanol–water partition coefficient (Wildman–Crippen LogP) is 3.84. The Hall–Kier alpha value is -3.86. The molecule has 3 aromatic heterocycles. The maximum atomic E-state index is 9.89. The van der Waals surface area contributed by atoms with Gasteiger partial charge < -0.3 is 20.8 Å². The molecule has 0 aliphatic heterocycles. The number of benzene rings is 1. The highest BCUT2D eigenvalue weighted by Gasteiger charge is 2.17. The van der Waals surface area contributed by atoms with Crippen molar-refractivity contribution in [2.75, 3.05) is 11.9 Å². The van der Waals surface area contributed by atoms with E-state index in [1.165, 1.54) is 25.7 Å². The number of aliphatic hydroxyl groups is 1. The van der Waals surface area contributed by atoms with Crippen LogP contribution in [0.4, 0.5) is 10.7 Å². The van der Waals surface area contributed by atoms with Gasteiger partial charge in [-0.2, -0.15) is 9.67 Å². The van der Waals surface area contributed by atoms with E-state index in [1.807, 2.05) is 25.1 Å². The maximum absolute atomic E-state index is 9.89. The second-order valence-electron chi connectivity index (χ2n) is 9.65. The van der Waals surface area contributed by atoms with Gasteiger partial charge in [-0.15, -0.1) is 5.10 Å². The molecule has 11 nitrogen and oxygen atoms in total. The molecule has 1 fully saturated rings. The van der Waals surface area contributed by atoms with E-state index >= 15 is 0 Å². The van der Waals surface area contributed by atoms with E-state index in [0.717, 1.165) is 22.3 Å². The lowest BCUT2D eigenvalue weighted by atomic mass is 10.1. The Labute approximate surface area is 209 Å². The van der Waals surface area contributed by atoms with E-state index in [2.05, 4.69) is 48.0 Å². The van der Waals surface area contributed by atoms with E-state index in [4.69, 9.17) is 10.2 Å².